The summed E-state index contributed by atoms with van der Waals surface area (Å²) in [6.07, 6.45) is 2.47. The fourth-order valence-corrected chi connectivity index (χ4v) is 4.12. The number of hydrogen-bond donors (Lipinski definition) is 3. The molecule has 0 unspecified atom stereocenters. The van der Waals surface area contributed by atoms with Crippen molar-refractivity contribution >= 4 is 35.0 Å². The first-order chi connectivity index (χ1) is 14.8. The summed E-state index contributed by atoms with van der Waals surface area (Å²) >= 11 is 1.61. The van der Waals surface area contributed by atoms with Gasteiger partial charge in [-0.3, -0.25) is 19.2 Å². The number of carbonyl (C=O) groups excluding carboxylic acids is 4. The molecule has 1 saturated heterocycles. The van der Waals surface area contributed by atoms with E-state index in [4.69, 9.17) is 0 Å². The number of amides is 4. The van der Waals surface area contributed by atoms with Crippen LogP contribution in [0.15, 0.2) is 16.8 Å². The van der Waals surface area contributed by atoms with Gasteiger partial charge in [-0.1, -0.05) is 13.8 Å². The fraction of sp³-hybridized carbons (Fsp3) is 0.636. The van der Waals surface area contributed by atoms with Gasteiger partial charge in [0.1, 0.15) is 12.1 Å². The summed E-state index contributed by atoms with van der Waals surface area (Å²) in [5, 5.41) is 12.3. The van der Waals surface area contributed by atoms with Gasteiger partial charge in [-0.25, -0.2) is 0 Å². The third-order valence-electron chi connectivity index (χ3n) is 5.31. The van der Waals surface area contributed by atoms with Crippen molar-refractivity contribution in [1.29, 1.82) is 0 Å². The maximum absolute atomic E-state index is 12.8. The van der Waals surface area contributed by atoms with Crippen LogP contribution in [-0.2, 0) is 25.6 Å². The molecule has 0 spiro atoms. The lowest BCUT2D eigenvalue weighted by molar-refractivity contribution is -0.132. The van der Waals surface area contributed by atoms with Gasteiger partial charge < -0.3 is 20.9 Å². The highest BCUT2D eigenvalue weighted by Gasteiger charge is 2.27. The Bertz CT molecular complexity index is 751. The quantitative estimate of drug-likeness (QED) is 0.645. The molecule has 2 rings (SSSR count). The molecule has 0 bridgehead atoms. The van der Waals surface area contributed by atoms with Gasteiger partial charge in [-0.2, -0.15) is 11.3 Å². The van der Waals surface area contributed by atoms with Gasteiger partial charge in [0.25, 0.3) is 0 Å². The van der Waals surface area contributed by atoms with E-state index in [-0.39, 0.29) is 36.0 Å². The maximum atomic E-state index is 12.8. The molecule has 1 fully saturated rings. The van der Waals surface area contributed by atoms with Gasteiger partial charge >= 0.3 is 0 Å². The molecule has 1 aliphatic rings. The second kappa shape index (κ2) is 12.4. The van der Waals surface area contributed by atoms with E-state index in [9.17, 15) is 19.2 Å². The van der Waals surface area contributed by atoms with Crippen molar-refractivity contribution in [3.8, 4) is 0 Å². The average Bonchev–Trinajstić information content (AvgIpc) is 3.24. The van der Waals surface area contributed by atoms with Crippen molar-refractivity contribution in [3.05, 3.63) is 22.4 Å². The Labute approximate surface area is 188 Å². The van der Waals surface area contributed by atoms with Gasteiger partial charge in [0, 0.05) is 32.5 Å². The van der Waals surface area contributed by atoms with E-state index >= 15 is 0 Å². The zero-order valence-corrected chi connectivity index (χ0v) is 19.4. The smallest absolute Gasteiger partial charge is 0.242 e. The minimum atomic E-state index is -0.741. The van der Waals surface area contributed by atoms with E-state index in [1.165, 1.54) is 0 Å². The lowest BCUT2D eigenvalue weighted by atomic mass is 10.0. The molecule has 1 aromatic rings. The molecule has 172 valence electrons. The Kier molecular flexibility index (Phi) is 9.97. The number of rotatable bonds is 4. The van der Waals surface area contributed by atoms with Crippen molar-refractivity contribution in [3.63, 3.8) is 0 Å². The number of hydrogen-bond acceptors (Lipinski definition) is 5. The third kappa shape index (κ3) is 8.32. The van der Waals surface area contributed by atoms with E-state index in [1.807, 2.05) is 30.7 Å². The van der Waals surface area contributed by atoms with E-state index in [1.54, 1.807) is 23.2 Å². The van der Waals surface area contributed by atoms with Crippen LogP contribution >= 0.6 is 11.3 Å². The van der Waals surface area contributed by atoms with Gasteiger partial charge in [-0.15, -0.1) is 0 Å². The van der Waals surface area contributed by atoms with Crippen LogP contribution in [-0.4, -0.2) is 60.2 Å². The van der Waals surface area contributed by atoms with Crippen LogP contribution in [0.2, 0.25) is 0 Å². The van der Waals surface area contributed by atoms with Crippen LogP contribution in [0, 0.1) is 5.92 Å². The van der Waals surface area contributed by atoms with E-state index in [0.29, 0.717) is 45.3 Å². The van der Waals surface area contributed by atoms with Crippen LogP contribution in [0.1, 0.15) is 52.0 Å². The van der Waals surface area contributed by atoms with Crippen molar-refractivity contribution in [2.45, 2.75) is 65.0 Å². The van der Waals surface area contributed by atoms with Gasteiger partial charge in [0.2, 0.25) is 23.6 Å². The van der Waals surface area contributed by atoms with Gasteiger partial charge in [0.05, 0.1) is 0 Å². The molecular formula is C22H34N4O4S. The summed E-state index contributed by atoms with van der Waals surface area (Å²) in [6.45, 7) is 6.71. The number of nitrogens with zero attached hydrogens (tertiary/aromatic N) is 1. The van der Waals surface area contributed by atoms with Crippen LogP contribution in [0.5, 0.6) is 0 Å². The Hall–Kier alpha value is -2.42. The van der Waals surface area contributed by atoms with Crippen LogP contribution in [0.4, 0.5) is 0 Å². The standard InChI is InChI=1S/C22H34N4O4S/c1-15(2)20-22(30)23-10-5-12-26(19(28)8-7-17-9-13-31-14-17)11-4-6-18(27)24-16(3)21(29)25-20/h9,13-16,20H,4-8,10-12H2,1-3H3,(H,23,30)(H,24,27)(H,25,29)/t16-,20-/m1/s1. The average molecular weight is 451 g/mol. The number of aryl methyl sites for hydroxylation is 1. The lowest BCUT2D eigenvalue weighted by Crippen LogP contribution is -2.54. The van der Waals surface area contributed by atoms with E-state index in [0.717, 1.165) is 5.56 Å². The molecule has 0 aromatic carbocycles. The Morgan fingerprint density at radius 3 is 2.58 bits per heavy atom. The van der Waals surface area contributed by atoms with Crippen LogP contribution in [0.3, 0.4) is 0 Å². The molecule has 9 heteroatoms. The molecule has 3 N–H and O–H groups in total. The van der Waals surface area contributed by atoms with E-state index < -0.39 is 12.1 Å². The molecule has 1 aromatic heterocycles. The summed E-state index contributed by atoms with van der Waals surface area (Å²) in [4.78, 5) is 51.8. The molecule has 2 heterocycles. The molecule has 31 heavy (non-hydrogen) atoms. The molecule has 0 saturated carbocycles. The maximum Gasteiger partial charge on any atom is 0.242 e. The summed E-state index contributed by atoms with van der Waals surface area (Å²) in [7, 11) is 0. The number of thiophene rings is 1. The molecular weight excluding hydrogens is 416 g/mol. The molecule has 2 atom stereocenters. The second-order valence-electron chi connectivity index (χ2n) is 8.28. The topological polar surface area (TPSA) is 108 Å². The summed E-state index contributed by atoms with van der Waals surface area (Å²) in [6, 6.07) is 0.598. The SMILES string of the molecule is CC(C)[C@H]1NC(=O)[C@@H](C)NC(=O)CCCN(C(=O)CCc2ccsc2)CCCNC1=O. The number of carbonyl (C=O) groups is 4. The van der Waals surface area contributed by atoms with Crippen LogP contribution in [0.25, 0.3) is 0 Å². The van der Waals surface area contributed by atoms with E-state index in [2.05, 4.69) is 16.0 Å². The molecule has 0 radical (unpaired) electrons. The highest BCUT2D eigenvalue weighted by Crippen LogP contribution is 2.11. The first kappa shape index (κ1) is 24.8. The highest BCUT2D eigenvalue weighted by molar-refractivity contribution is 7.07. The summed E-state index contributed by atoms with van der Waals surface area (Å²) in [5.41, 5.74) is 1.15. The molecule has 4 amide bonds. The molecule has 0 aliphatic carbocycles. The van der Waals surface area contributed by atoms with Crippen molar-refractivity contribution < 1.29 is 19.2 Å². The molecule has 8 nitrogen and oxygen atoms in total. The third-order valence-corrected chi connectivity index (χ3v) is 6.05. The predicted molar refractivity (Wildman–Crippen MR) is 120 cm³/mol. The van der Waals surface area contributed by atoms with Crippen molar-refractivity contribution in [2.75, 3.05) is 19.6 Å². The zero-order chi connectivity index (χ0) is 22.8. The Morgan fingerprint density at radius 1 is 1.16 bits per heavy atom. The fourth-order valence-electron chi connectivity index (χ4n) is 3.42. The predicted octanol–water partition coefficient (Wildman–Crippen LogP) is 1.45. The first-order valence-electron chi connectivity index (χ1n) is 10.9. The Morgan fingerprint density at radius 2 is 1.90 bits per heavy atom. The summed E-state index contributed by atoms with van der Waals surface area (Å²) in [5.74, 6) is -0.937. The second-order valence-corrected chi connectivity index (χ2v) is 9.06. The number of nitrogens with one attached hydrogen (secondary N) is 3. The zero-order valence-electron chi connectivity index (χ0n) is 18.6. The van der Waals surface area contributed by atoms with Gasteiger partial charge in [0.15, 0.2) is 0 Å². The summed E-state index contributed by atoms with van der Waals surface area (Å²) < 4.78 is 0. The Balaban J connectivity index is 2.02. The largest absolute Gasteiger partial charge is 0.354 e. The first-order valence-corrected chi connectivity index (χ1v) is 11.9. The monoisotopic (exact) mass is 450 g/mol. The highest BCUT2D eigenvalue weighted by atomic mass is 32.1. The normalized spacial score (nSPS) is 22.2. The minimum absolute atomic E-state index is 0.0486. The van der Waals surface area contributed by atoms with Crippen molar-refractivity contribution in [1.82, 2.24) is 20.9 Å². The van der Waals surface area contributed by atoms with Crippen LogP contribution < -0.4 is 16.0 Å². The van der Waals surface area contributed by atoms with Crippen molar-refractivity contribution in [2.24, 2.45) is 5.92 Å². The minimum Gasteiger partial charge on any atom is -0.354 e. The molecule has 1 aliphatic heterocycles. The lowest BCUT2D eigenvalue weighted by Gasteiger charge is -2.24. The van der Waals surface area contributed by atoms with Gasteiger partial charge in [-0.05, 0) is 54.5 Å².